The number of furan rings is 1. The summed E-state index contributed by atoms with van der Waals surface area (Å²) >= 11 is 0. The summed E-state index contributed by atoms with van der Waals surface area (Å²) < 4.78 is 13.4. The molecule has 58 heavy (non-hydrogen) atoms. The Morgan fingerprint density at radius 1 is 0.586 bits per heavy atom. The molecule has 6 heteroatoms. The third-order valence-corrected chi connectivity index (χ3v) is 11.2. The topological polar surface area (TPSA) is 72.3 Å². The van der Waals surface area contributed by atoms with Crippen LogP contribution in [0, 0.1) is 6.07 Å². The van der Waals surface area contributed by atoms with Crippen LogP contribution in [-0.4, -0.2) is 15.1 Å². The van der Waals surface area contributed by atoms with E-state index in [1.54, 1.807) is 0 Å². The number of aromatic hydroxyl groups is 1. The van der Waals surface area contributed by atoms with E-state index in [0.29, 0.717) is 22.6 Å². The smallest absolute Gasteiger partial charge is 0.230 e. The number of fused-ring (bicyclic) bond motifs is 7. The van der Waals surface area contributed by atoms with E-state index in [9.17, 15) is 5.11 Å². The zero-order chi connectivity index (χ0) is 39.2. The molecule has 3 heterocycles. The zero-order valence-corrected chi connectivity index (χ0v) is 35.4. The van der Waals surface area contributed by atoms with Gasteiger partial charge in [-0.1, -0.05) is 144 Å². The standard InChI is InChI=1S/C52H41N2O3.Pt/c1-51(2,3)35-27-42(48(55)43(28-35)52(4,5)6)50-54-47-37(17-12-18-45(47)57-50)34-24-40-39-23-33-20-19-31-15-10-11-16-36(31)38(33)29-46(39)56-49(40)41(25-34)44-26-32(21-22-53-44)30-13-8-7-9-14-30;/h7-24,26-29,55H,1-6H3;/q-1;. The number of aromatic nitrogens is 2. The molecule has 10 aromatic rings. The van der Waals surface area contributed by atoms with Crippen molar-refractivity contribution >= 4 is 54.6 Å². The molecule has 0 atom stereocenters. The molecule has 0 radical (unpaired) electrons. The van der Waals surface area contributed by atoms with Crippen molar-refractivity contribution in [3.8, 4) is 50.7 Å². The molecule has 0 amide bonds. The van der Waals surface area contributed by atoms with Crippen LogP contribution in [0.4, 0.5) is 0 Å². The van der Waals surface area contributed by atoms with Crippen LogP contribution < -0.4 is 0 Å². The van der Waals surface area contributed by atoms with Gasteiger partial charge in [0.2, 0.25) is 5.89 Å². The van der Waals surface area contributed by atoms with Gasteiger partial charge in [-0.05, 0) is 84.8 Å². The van der Waals surface area contributed by atoms with Crippen molar-refractivity contribution in [3.05, 3.63) is 151 Å². The summed E-state index contributed by atoms with van der Waals surface area (Å²) in [7, 11) is 0. The van der Waals surface area contributed by atoms with Gasteiger partial charge in [0.1, 0.15) is 16.9 Å². The third-order valence-electron chi connectivity index (χ3n) is 11.2. The maximum atomic E-state index is 11.8. The summed E-state index contributed by atoms with van der Waals surface area (Å²) in [5, 5.41) is 18.4. The number of oxazole rings is 1. The molecule has 0 saturated heterocycles. The molecule has 3 aromatic heterocycles. The number of phenolic OH excluding ortho intramolecular Hbond substituents is 1. The Morgan fingerprint density at radius 3 is 2.16 bits per heavy atom. The Balaban J connectivity index is 0.00000436. The molecule has 5 nitrogen and oxygen atoms in total. The molecule has 0 spiro atoms. The van der Waals surface area contributed by atoms with Gasteiger partial charge in [-0.15, -0.1) is 17.7 Å². The minimum absolute atomic E-state index is 0. The van der Waals surface area contributed by atoms with Gasteiger partial charge < -0.3 is 13.9 Å². The van der Waals surface area contributed by atoms with E-state index in [1.165, 1.54) is 10.8 Å². The van der Waals surface area contributed by atoms with Crippen molar-refractivity contribution in [1.82, 2.24) is 9.97 Å². The summed E-state index contributed by atoms with van der Waals surface area (Å²) in [5.74, 6) is 0.561. The summed E-state index contributed by atoms with van der Waals surface area (Å²) in [6, 6.07) is 47.7. The molecule has 7 aromatic carbocycles. The summed E-state index contributed by atoms with van der Waals surface area (Å²) in [6.07, 6.45) is 1.85. The van der Waals surface area contributed by atoms with Crippen molar-refractivity contribution in [2.75, 3.05) is 0 Å². The first kappa shape index (κ1) is 37.5. The van der Waals surface area contributed by atoms with Crippen LogP contribution in [0.15, 0.2) is 142 Å². The van der Waals surface area contributed by atoms with E-state index < -0.39 is 0 Å². The average Bonchev–Trinajstić information content (AvgIpc) is 3.81. The maximum absolute atomic E-state index is 11.8. The molecule has 0 aliphatic carbocycles. The van der Waals surface area contributed by atoms with Crippen LogP contribution >= 0.6 is 0 Å². The summed E-state index contributed by atoms with van der Waals surface area (Å²) in [6.45, 7) is 12.9. The molecule has 1 N–H and O–H groups in total. The average molecular weight is 937 g/mol. The largest absolute Gasteiger partial charge is 0.507 e. The van der Waals surface area contributed by atoms with Gasteiger partial charge in [-0.2, -0.15) is 0 Å². The van der Waals surface area contributed by atoms with Crippen LogP contribution in [-0.2, 0) is 31.9 Å². The van der Waals surface area contributed by atoms with Gasteiger partial charge in [0, 0.05) is 43.9 Å². The Labute approximate surface area is 351 Å². The third kappa shape index (κ3) is 6.29. The second-order valence-corrected chi connectivity index (χ2v) is 17.1. The molecule has 0 fully saturated rings. The van der Waals surface area contributed by atoms with Gasteiger partial charge >= 0.3 is 0 Å². The Kier molecular flexibility index (Phi) is 8.94. The number of rotatable bonds is 4. The second-order valence-electron chi connectivity index (χ2n) is 17.1. The van der Waals surface area contributed by atoms with Gasteiger partial charge in [-0.3, -0.25) is 4.98 Å². The first-order valence-corrected chi connectivity index (χ1v) is 19.4. The van der Waals surface area contributed by atoms with E-state index in [-0.39, 0.29) is 37.6 Å². The number of hydrogen-bond donors (Lipinski definition) is 1. The van der Waals surface area contributed by atoms with E-state index in [1.807, 2.05) is 48.7 Å². The van der Waals surface area contributed by atoms with Crippen molar-refractivity contribution < 1.29 is 35.0 Å². The van der Waals surface area contributed by atoms with Crippen LogP contribution in [0.1, 0.15) is 52.7 Å². The molecule has 0 aliphatic heterocycles. The zero-order valence-electron chi connectivity index (χ0n) is 33.2. The fourth-order valence-electron chi connectivity index (χ4n) is 8.10. The molecular weight excluding hydrogens is 896 g/mol. The molecule has 0 aliphatic rings. The van der Waals surface area contributed by atoms with Crippen LogP contribution in [0.5, 0.6) is 5.75 Å². The van der Waals surface area contributed by atoms with E-state index in [2.05, 4.69) is 133 Å². The molecule has 0 bridgehead atoms. The number of hydrogen-bond acceptors (Lipinski definition) is 5. The first-order chi connectivity index (χ1) is 27.4. The predicted octanol–water partition coefficient (Wildman–Crippen LogP) is 14.2. The van der Waals surface area contributed by atoms with Crippen molar-refractivity contribution in [2.24, 2.45) is 0 Å². The summed E-state index contributed by atoms with van der Waals surface area (Å²) in [4.78, 5) is 10.0. The fourth-order valence-corrected chi connectivity index (χ4v) is 8.10. The minimum atomic E-state index is -0.296. The van der Waals surface area contributed by atoms with E-state index in [4.69, 9.17) is 18.8 Å². The predicted molar refractivity (Wildman–Crippen MR) is 234 cm³/mol. The number of pyridine rings is 1. The van der Waals surface area contributed by atoms with Gasteiger partial charge in [-0.25, -0.2) is 4.98 Å². The number of nitrogens with zero attached hydrogens (tertiary/aromatic N) is 2. The second kappa shape index (κ2) is 13.8. The Morgan fingerprint density at radius 2 is 1.36 bits per heavy atom. The van der Waals surface area contributed by atoms with E-state index in [0.717, 1.165) is 77.3 Å². The number of phenols is 1. The Hall–Kier alpha value is -6.03. The minimum Gasteiger partial charge on any atom is -0.507 e. The van der Waals surface area contributed by atoms with Crippen LogP contribution in [0.3, 0.4) is 0 Å². The maximum Gasteiger partial charge on any atom is 0.230 e. The number of benzene rings is 7. The quantitative estimate of drug-likeness (QED) is 0.141. The molecule has 10 rings (SSSR count). The van der Waals surface area contributed by atoms with Crippen molar-refractivity contribution in [1.29, 1.82) is 0 Å². The van der Waals surface area contributed by atoms with Crippen molar-refractivity contribution in [2.45, 2.75) is 52.4 Å². The van der Waals surface area contributed by atoms with Crippen LogP contribution in [0.2, 0.25) is 0 Å². The summed E-state index contributed by atoms with van der Waals surface area (Å²) in [5.41, 5.74) is 10.3. The van der Waals surface area contributed by atoms with Crippen LogP contribution in [0.25, 0.3) is 99.5 Å². The number of para-hydroxylation sites is 1. The molecule has 0 saturated carbocycles. The van der Waals surface area contributed by atoms with Gasteiger partial charge in [0.15, 0.2) is 0 Å². The van der Waals surface area contributed by atoms with E-state index >= 15 is 0 Å². The fraction of sp³-hybridized carbons (Fsp3) is 0.154. The monoisotopic (exact) mass is 936 g/mol. The van der Waals surface area contributed by atoms with Gasteiger partial charge in [0.05, 0.1) is 16.7 Å². The Bertz CT molecular complexity index is 3220. The molecular formula is C52H41N2O3Pt-. The first-order valence-electron chi connectivity index (χ1n) is 19.4. The van der Waals surface area contributed by atoms with Gasteiger partial charge in [0.25, 0.3) is 0 Å². The SMILES string of the molecule is CC(C)(C)c1cc(-c2nc3c(-c4[c-]c(-c5cc(-c6ccccc6)ccn5)c5oc6cc7c(ccc8ccccc87)cc6c5c4)cccc3o2)c(O)c(C(C)(C)C)c1.[Pt]. The molecule has 288 valence electrons. The molecule has 0 unspecified atom stereocenters. The van der Waals surface area contributed by atoms with Crippen molar-refractivity contribution in [3.63, 3.8) is 0 Å². The normalized spacial score (nSPS) is 12.2.